The SMILES string of the molecule is CS(=O)(=O)c1ccc(CNC(=O)c2cc(N)c(C#N)c(NCCCO)n2)cc1. The van der Waals surface area contributed by atoms with Gasteiger partial charge in [0.2, 0.25) is 0 Å². The maximum Gasteiger partial charge on any atom is 0.270 e. The van der Waals surface area contributed by atoms with Gasteiger partial charge in [-0.2, -0.15) is 5.26 Å². The van der Waals surface area contributed by atoms with Crippen molar-refractivity contribution >= 4 is 27.2 Å². The quantitative estimate of drug-likeness (QED) is 0.468. The van der Waals surface area contributed by atoms with Crippen LogP contribution in [-0.4, -0.2) is 43.8 Å². The van der Waals surface area contributed by atoms with Crippen LogP contribution in [0.5, 0.6) is 0 Å². The number of aromatic nitrogens is 1. The first-order chi connectivity index (χ1) is 13.3. The van der Waals surface area contributed by atoms with Gasteiger partial charge in [0.25, 0.3) is 5.91 Å². The fourth-order valence-electron chi connectivity index (χ4n) is 2.34. The number of carbonyl (C=O) groups is 1. The largest absolute Gasteiger partial charge is 0.397 e. The molecule has 5 N–H and O–H groups in total. The van der Waals surface area contributed by atoms with Crippen LogP contribution in [0.25, 0.3) is 0 Å². The molecule has 0 bridgehead atoms. The third kappa shape index (κ3) is 5.42. The molecule has 0 saturated heterocycles. The molecule has 0 spiro atoms. The van der Waals surface area contributed by atoms with Gasteiger partial charge in [-0.3, -0.25) is 4.79 Å². The van der Waals surface area contributed by atoms with Crippen molar-refractivity contribution in [2.24, 2.45) is 0 Å². The summed E-state index contributed by atoms with van der Waals surface area (Å²) in [6.45, 7) is 0.510. The second-order valence-electron chi connectivity index (χ2n) is 6.03. The van der Waals surface area contributed by atoms with E-state index in [0.717, 1.165) is 6.26 Å². The van der Waals surface area contributed by atoms with Gasteiger partial charge in [0.1, 0.15) is 23.1 Å². The van der Waals surface area contributed by atoms with Crippen molar-refractivity contribution in [1.29, 1.82) is 5.26 Å². The molecule has 1 aromatic heterocycles. The van der Waals surface area contributed by atoms with Gasteiger partial charge in [0.05, 0.1) is 10.6 Å². The first-order valence-corrected chi connectivity index (χ1v) is 10.3. The van der Waals surface area contributed by atoms with Gasteiger partial charge in [0.15, 0.2) is 9.84 Å². The minimum absolute atomic E-state index is 0.0251. The van der Waals surface area contributed by atoms with E-state index in [-0.39, 0.29) is 40.8 Å². The number of nitriles is 1. The van der Waals surface area contributed by atoms with Gasteiger partial charge in [0, 0.05) is 26.0 Å². The topological polar surface area (TPSA) is 158 Å². The van der Waals surface area contributed by atoms with Crippen LogP contribution in [0, 0.1) is 11.3 Å². The highest BCUT2D eigenvalue weighted by Crippen LogP contribution is 2.20. The van der Waals surface area contributed by atoms with E-state index in [0.29, 0.717) is 18.5 Å². The lowest BCUT2D eigenvalue weighted by Crippen LogP contribution is -2.24. The number of aliphatic hydroxyl groups excluding tert-OH is 1. The summed E-state index contributed by atoms with van der Waals surface area (Å²) in [5, 5.41) is 23.6. The number of nitrogens with zero attached hydrogens (tertiary/aromatic N) is 2. The van der Waals surface area contributed by atoms with E-state index < -0.39 is 15.7 Å². The second kappa shape index (κ2) is 9.16. The molecule has 2 aromatic rings. The summed E-state index contributed by atoms with van der Waals surface area (Å²) in [6, 6.07) is 9.42. The summed E-state index contributed by atoms with van der Waals surface area (Å²) in [6.07, 6.45) is 1.57. The molecule has 1 amide bonds. The molecule has 0 unspecified atom stereocenters. The number of nitrogen functional groups attached to an aromatic ring is 1. The third-order valence-corrected chi connectivity index (χ3v) is 4.95. The van der Waals surface area contributed by atoms with Crippen LogP contribution in [0.3, 0.4) is 0 Å². The van der Waals surface area contributed by atoms with Crippen molar-refractivity contribution in [3.8, 4) is 6.07 Å². The Morgan fingerprint density at radius 1 is 1.32 bits per heavy atom. The monoisotopic (exact) mass is 403 g/mol. The number of rotatable bonds is 8. The number of carbonyl (C=O) groups excluding carboxylic acids is 1. The fraction of sp³-hybridized carbons (Fsp3) is 0.278. The zero-order chi connectivity index (χ0) is 20.7. The third-order valence-electron chi connectivity index (χ3n) is 3.83. The second-order valence-corrected chi connectivity index (χ2v) is 8.05. The zero-order valence-electron chi connectivity index (χ0n) is 15.3. The summed E-state index contributed by atoms with van der Waals surface area (Å²) in [5.41, 5.74) is 6.85. The summed E-state index contributed by atoms with van der Waals surface area (Å²) < 4.78 is 22.9. The fourth-order valence-corrected chi connectivity index (χ4v) is 2.97. The molecule has 1 heterocycles. The van der Waals surface area contributed by atoms with Gasteiger partial charge in [-0.1, -0.05) is 12.1 Å². The Labute approximate surface area is 163 Å². The number of nitrogens with two attached hydrogens (primary N) is 1. The highest BCUT2D eigenvalue weighted by atomic mass is 32.2. The van der Waals surface area contributed by atoms with Crippen molar-refractivity contribution in [3.05, 3.63) is 47.2 Å². The number of nitrogens with one attached hydrogen (secondary N) is 2. The molecular formula is C18H21N5O4S. The average Bonchev–Trinajstić information content (AvgIpc) is 2.65. The van der Waals surface area contributed by atoms with E-state index in [1.54, 1.807) is 12.1 Å². The normalized spacial score (nSPS) is 10.9. The molecule has 2 rings (SSSR count). The van der Waals surface area contributed by atoms with Crippen LogP contribution in [0.4, 0.5) is 11.5 Å². The summed E-state index contributed by atoms with van der Waals surface area (Å²) in [4.78, 5) is 16.7. The Bertz CT molecular complexity index is 998. The minimum Gasteiger partial charge on any atom is -0.397 e. The lowest BCUT2D eigenvalue weighted by molar-refractivity contribution is 0.0946. The van der Waals surface area contributed by atoms with Crippen LogP contribution in [0.2, 0.25) is 0 Å². The smallest absolute Gasteiger partial charge is 0.270 e. The molecule has 28 heavy (non-hydrogen) atoms. The molecule has 0 fully saturated rings. The van der Waals surface area contributed by atoms with Crippen molar-refractivity contribution in [3.63, 3.8) is 0 Å². The van der Waals surface area contributed by atoms with Crippen LogP contribution >= 0.6 is 0 Å². The maximum absolute atomic E-state index is 12.4. The predicted octanol–water partition coefficient (Wildman–Crippen LogP) is 0.663. The molecule has 0 aliphatic carbocycles. The zero-order valence-corrected chi connectivity index (χ0v) is 16.1. The Morgan fingerprint density at radius 2 is 2.00 bits per heavy atom. The molecule has 0 saturated carbocycles. The molecule has 0 radical (unpaired) electrons. The molecule has 9 nitrogen and oxygen atoms in total. The first kappa shape index (κ1) is 21.1. The van der Waals surface area contributed by atoms with Crippen LogP contribution in [-0.2, 0) is 16.4 Å². The number of benzene rings is 1. The number of aliphatic hydroxyl groups is 1. The number of sulfone groups is 1. The van der Waals surface area contributed by atoms with Crippen molar-refractivity contribution in [2.45, 2.75) is 17.9 Å². The Balaban J connectivity index is 2.12. The van der Waals surface area contributed by atoms with Gasteiger partial charge >= 0.3 is 0 Å². The summed E-state index contributed by atoms with van der Waals surface area (Å²) >= 11 is 0. The van der Waals surface area contributed by atoms with E-state index in [2.05, 4.69) is 15.6 Å². The lowest BCUT2D eigenvalue weighted by atomic mass is 10.2. The Hall–Kier alpha value is -3.16. The van der Waals surface area contributed by atoms with Gasteiger partial charge in [-0.15, -0.1) is 0 Å². The highest BCUT2D eigenvalue weighted by molar-refractivity contribution is 7.90. The van der Waals surface area contributed by atoms with E-state index in [9.17, 15) is 18.5 Å². The molecule has 0 aliphatic rings. The number of pyridine rings is 1. The van der Waals surface area contributed by atoms with Crippen LogP contribution in [0.15, 0.2) is 35.2 Å². The number of anilines is 2. The number of amides is 1. The van der Waals surface area contributed by atoms with Gasteiger partial charge in [-0.05, 0) is 30.2 Å². The van der Waals surface area contributed by atoms with Crippen LogP contribution < -0.4 is 16.4 Å². The van der Waals surface area contributed by atoms with E-state index in [1.165, 1.54) is 18.2 Å². The lowest BCUT2D eigenvalue weighted by Gasteiger charge is -2.11. The molecule has 10 heteroatoms. The Morgan fingerprint density at radius 3 is 2.57 bits per heavy atom. The summed E-state index contributed by atoms with van der Waals surface area (Å²) in [7, 11) is -3.28. The van der Waals surface area contributed by atoms with Crippen molar-refractivity contribution in [1.82, 2.24) is 10.3 Å². The van der Waals surface area contributed by atoms with Crippen LogP contribution in [0.1, 0.15) is 28.0 Å². The molecule has 0 aliphatic heterocycles. The van der Waals surface area contributed by atoms with E-state index >= 15 is 0 Å². The standard InChI is InChI=1S/C18H21N5O4S/c1-28(26,27)13-5-3-12(4-6-13)11-22-18(25)16-9-15(20)14(10-19)17(23-16)21-7-2-8-24/h3-6,9,24H,2,7-8,11H2,1H3,(H,22,25)(H3,20,21,23). The predicted molar refractivity (Wildman–Crippen MR) is 104 cm³/mol. The number of hydrogen-bond donors (Lipinski definition) is 4. The summed E-state index contributed by atoms with van der Waals surface area (Å²) in [5.74, 6) is -0.313. The Kier molecular flexibility index (Phi) is 6.92. The minimum atomic E-state index is -3.28. The van der Waals surface area contributed by atoms with Crippen molar-refractivity contribution in [2.75, 3.05) is 30.5 Å². The first-order valence-electron chi connectivity index (χ1n) is 8.38. The molecule has 1 aromatic carbocycles. The molecule has 0 atom stereocenters. The average molecular weight is 403 g/mol. The molecule has 148 valence electrons. The molecular weight excluding hydrogens is 382 g/mol. The maximum atomic E-state index is 12.4. The van der Waals surface area contributed by atoms with Crippen molar-refractivity contribution < 1.29 is 18.3 Å². The van der Waals surface area contributed by atoms with Gasteiger partial charge < -0.3 is 21.5 Å². The highest BCUT2D eigenvalue weighted by Gasteiger charge is 2.15. The van der Waals surface area contributed by atoms with Gasteiger partial charge in [-0.25, -0.2) is 13.4 Å². The van der Waals surface area contributed by atoms with E-state index in [1.807, 2.05) is 6.07 Å². The number of hydrogen-bond acceptors (Lipinski definition) is 8. The van der Waals surface area contributed by atoms with E-state index in [4.69, 9.17) is 10.8 Å².